The van der Waals surface area contributed by atoms with Gasteiger partial charge in [-0.2, -0.15) is 0 Å². The summed E-state index contributed by atoms with van der Waals surface area (Å²) < 4.78 is 4.99. The fourth-order valence-electron chi connectivity index (χ4n) is 4.39. The summed E-state index contributed by atoms with van der Waals surface area (Å²) in [7, 11) is 0. The molecule has 2 amide bonds. The lowest BCUT2D eigenvalue weighted by Gasteiger charge is -2.46. The van der Waals surface area contributed by atoms with Crippen molar-refractivity contribution in [3.05, 3.63) is 82.0 Å². The molecule has 2 aromatic heterocycles. The molecule has 4 heterocycles. The first-order chi connectivity index (χ1) is 14.0. The predicted octanol–water partition coefficient (Wildman–Crippen LogP) is 3.04. The second kappa shape index (κ2) is 6.42. The first kappa shape index (κ1) is 17.9. The van der Waals surface area contributed by atoms with E-state index >= 15 is 0 Å². The second-order valence-corrected chi connectivity index (χ2v) is 7.68. The summed E-state index contributed by atoms with van der Waals surface area (Å²) in [4.78, 5) is 34.6. The number of hydrogen-bond acceptors (Lipinski definition) is 5. The molecule has 3 aromatic rings. The molecule has 2 aliphatic heterocycles. The number of pyridine rings is 1. The van der Waals surface area contributed by atoms with Crippen molar-refractivity contribution in [2.45, 2.75) is 19.0 Å². The van der Waals surface area contributed by atoms with Crippen molar-refractivity contribution in [3.8, 4) is 0 Å². The zero-order chi connectivity index (χ0) is 20.2. The maximum atomic E-state index is 13.5. The monoisotopic (exact) mass is 408 g/mol. The summed E-state index contributed by atoms with van der Waals surface area (Å²) in [5.41, 5.74) is 2.02. The number of hydrogen-bond donors (Lipinski definition) is 0. The Kier molecular flexibility index (Phi) is 3.96. The molecule has 0 bridgehead atoms. The van der Waals surface area contributed by atoms with Crippen LogP contribution in [0, 0.1) is 6.92 Å². The van der Waals surface area contributed by atoms with Crippen molar-refractivity contribution in [3.63, 3.8) is 0 Å². The maximum Gasteiger partial charge on any atom is 0.274 e. The molecule has 0 unspecified atom stereocenters. The van der Waals surface area contributed by atoms with Gasteiger partial charge in [0.1, 0.15) is 23.2 Å². The van der Waals surface area contributed by atoms with Gasteiger partial charge in [-0.1, -0.05) is 35.0 Å². The van der Waals surface area contributed by atoms with Crippen LogP contribution in [0.4, 0.5) is 0 Å². The van der Waals surface area contributed by atoms with Gasteiger partial charge in [0.2, 0.25) is 0 Å². The number of carbonyl (C=O) groups excluding carboxylic acids is 2. The van der Waals surface area contributed by atoms with Crippen LogP contribution in [0.2, 0.25) is 5.02 Å². The summed E-state index contributed by atoms with van der Waals surface area (Å²) in [6.45, 7) is 2.53. The number of aryl methyl sites for hydroxylation is 1. The van der Waals surface area contributed by atoms with Gasteiger partial charge in [-0.15, -0.1) is 0 Å². The van der Waals surface area contributed by atoms with Crippen LogP contribution in [0.25, 0.3) is 0 Å². The van der Waals surface area contributed by atoms with E-state index in [-0.39, 0.29) is 11.8 Å². The molecule has 5 rings (SSSR count). The van der Waals surface area contributed by atoms with E-state index in [9.17, 15) is 9.59 Å². The van der Waals surface area contributed by atoms with E-state index in [4.69, 9.17) is 16.1 Å². The van der Waals surface area contributed by atoms with Crippen molar-refractivity contribution >= 4 is 23.4 Å². The Labute approximate surface area is 171 Å². The lowest BCUT2D eigenvalue weighted by atomic mass is 9.85. The molecule has 7 nitrogen and oxygen atoms in total. The Balaban J connectivity index is 1.71. The number of benzene rings is 1. The molecule has 1 aromatic carbocycles. The van der Waals surface area contributed by atoms with Crippen molar-refractivity contribution in [1.29, 1.82) is 0 Å². The van der Waals surface area contributed by atoms with E-state index < -0.39 is 5.66 Å². The van der Waals surface area contributed by atoms with Crippen LogP contribution in [0.15, 0.2) is 53.4 Å². The Morgan fingerprint density at radius 2 is 2.00 bits per heavy atom. The number of halogens is 1. The molecule has 1 fully saturated rings. The quantitative estimate of drug-likeness (QED) is 0.651. The topological polar surface area (TPSA) is 79.5 Å². The third-order valence-electron chi connectivity index (χ3n) is 5.75. The van der Waals surface area contributed by atoms with Crippen LogP contribution in [-0.2, 0) is 12.1 Å². The van der Waals surface area contributed by atoms with Gasteiger partial charge in [-0.25, -0.2) is 0 Å². The third kappa shape index (κ3) is 2.50. The zero-order valence-electron chi connectivity index (χ0n) is 15.6. The Bertz CT molecular complexity index is 1130. The molecule has 0 radical (unpaired) electrons. The van der Waals surface area contributed by atoms with Crippen molar-refractivity contribution in [2.24, 2.45) is 0 Å². The van der Waals surface area contributed by atoms with Gasteiger partial charge in [-0.05, 0) is 36.2 Å². The van der Waals surface area contributed by atoms with Crippen LogP contribution >= 0.6 is 11.6 Å². The smallest absolute Gasteiger partial charge is 0.274 e. The van der Waals surface area contributed by atoms with Gasteiger partial charge in [0.05, 0.1) is 5.69 Å². The van der Waals surface area contributed by atoms with Gasteiger partial charge >= 0.3 is 0 Å². The maximum absolute atomic E-state index is 13.5. The number of fused-ring (bicyclic) bond motifs is 2. The average Bonchev–Trinajstić information content (AvgIpc) is 3.33. The Morgan fingerprint density at radius 1 is 1.21 bits per heavy atom. The van der Waals surface area contributed by atoms with Gasteiger partial charge in [0.25, 0.3) is 11.8 Å². The Morgan fingerprint density at radius 3 is 2.72 bits per heavy atom. The SMILES string of the molecule is Cc1nocc1C(=O)N1CCN2C(=O)c3ncccc3C[C@@]12c1ccc(Cl)cc1. The molecule has 1 saturated heterocycles. The highest BCUT2D eigenvalue weighted by atomic mass is 35.5. The molecular formula is C21H17ClN4O3. The summed E-state index contributed by atoms with van der Waals surface area (Å²) in [6.07, 6.45) is 3.42. The summed E-state index contributed by atoms with van der Waals surface area (Å²) in [5.74, 6) is -0.402. The van der Waals surface area contributed by atoms with E-state index in [2.05, 4.69) is 10.1 Å². The van der Waals surface area contributed by atoms with Crippen LogP contribution in [0.5, 0.6) is 0 Å². The van der Waals surface area contributed by atoms with E-state index in [0.29, 0.717) is 41.5 Å². The number of carbonyl (C=O) groups is 2. The van der Waals surface area contributed by atoms with E-state index in [1.54, 1.807) is 35.1 Å². The van der Waals surface area contributed by atoms with Crippen LogP contribution in [-0.4, -0.2) is 44.8 Å². The van der Waals surface area contributed by atoms with Gasteiger partial charge < -0.3 is 14.3 Å². The number of rotatable bonds is 2. The minimum Gasteiger partial charge on any atom is -0.364 e. The Hall–Kier alpha value is -3.19. The largest absolute Gasteiger partial charge is 0.364 e. The molecule has 29 heavy (non-hydrogen) atoms. The minimum atomic E-state index is -0.960. The fraction of sp³-hybridized carbons (Fsp3) is 0.238. The van der Waals surface area contributed by atoms with Gasteiger partial charge in [0, 0.05) is 30.7 Å². The molecule has 8 heteroatoms. The lowest BCUT2D eigenvalue weighted by Crippen LogP contribution is -2.58. The number of aromatic nitrogens is 2. The zero-order valence-corrected chi connectivity index (χ0v) is 16.4. The van der Waals surface area contributed by atoms with Crippen LogP contribution < -0.4 is 0 Å². The molecular weight excluding hydrogens is 392 g/mol. The molecule has 0 aliphatic carbocycles. The molecule has 146 valence electrons. The highest BCUT2D eigenvalue weighted by Gasteiger charge is 2.56. The van der Waals surface area contributed by atoms with E-state index in [1.807, 2.05) is 24.3 Å². The molecule has 1 atom stereocenters. The van der Waals surface area contributed by atoms with Crippen molar-refractivity contribution < 1.29 is 14.1 Å². The van der Waals surface area contributed by atoms with Crippen molar-refractivity contribution in [2.75, 3.05) is 13.1 Å². The van der Waals surface area contributed by atoms with E-state index in [1.165, 1.54) is 6.26 Å². The standard InChI is InChI=1S/C21H17ClN4O3/c1-13-17(12-29-24-13)19(27)25-9-10-26-20(28)18-14(3-2-8-23-18)11-21(25,26)15-4-6-16(22)7-5-15/h2-8,12H,9-11H2,1H3/t21-/m1/s1. The summed E-state index contributed by atoms with van der Waals surface area (Å²) >= 11 is 6.11. The van der Waals surface area contributed by atoms with Crippen LogP contribution in [0.1, 0.15) is 37.7 Å². The lowest BCUT2D eigenvalue weighted by molar-refractivity contribution is 0.00710. The first-order valence-corrected chi connectivity index (χ1v) is 9.65. The fourth-order valence-corrected chi connectivity index (χ4v) is 4.51. The van der Waals surface area contributed by atoms with Crippen molar-refractivity contribution in [1.82, 2.24) is 19.9 Å². The number of amides is 2. The predicted molar refractivity (Wildman–Crippen MR) is 104 cm³/mol. The van der Waals surface area contributed by atoms with E-state index in [0.717, 1.165) is 11.1 Å². The highest BCUT2D eigenvalue weighted by molar-refractivity contribution is 6.30. The number of nitrogens with zero attached hydrogens (tertiary/aromatic N) is 4. The van der Waals surface area contributed by atoms with Gasteiger partial charge in [-0.3, -0.25) is 14.6 Å². The molecule has 0 saturated carbocycles. The first-order valence-electron chi connectivity index (χ1n) is 9.27. The molecule has 2 aliphatic rings. The summed E-state index contributed by atoms with van der Waals surface area (Å²) in [6, 6.07) is 11.0. The highest BCUT2D eigenvalue weighted by Crippen LogP contribution is 2.45. The average molecular weight is 409 g/mol. The molecule has 0 N–H and O–H groups in total. The molecule has 0 spiro atoms. The third-order valence-corrected chi connectivity index (χ3v) is 6.00. The second-order valence-electron chi connectivity index (χ2n) is 7.24. The van der Waals surface area contributed by atoms with Gasteiger partial charge in [0.15, 0.2) is 0 Å². The minimum absolute atomic E-state index is 0.181. The summed E-state index contributed by atoms with van der Waals surface area (Å²) in [5, 5.41) is 4.43. The van der Waals surface area contributed by atoms with Crippen LogP contribution in [0.3, 0.4) is 0 Å². The normalized spacial score (nSPS) is 20.6.